The maximum absolute atomic E-state index is 9.26. The Balaban J connectivity index is 3.78. The molecule has 0 spiro atoms. The topological polar surface area (TPSA) is 35.5 Å². The highest BCUT2D eigenvalue weighted by Gasteiger charge is 2.10. The van der Waals surface area contributed by atoms with Crippen LogP contribution in [0.2, 0.25) is 0 Å². The quantitative estimate of drug-likeness (QED) is 0.601. The van der Waals surface area contributed by atoms with Crippen LogP contribution in [-0.2, 0) is 0 Å². The molecule has 0 aliphatic heterocycles. The number of nitrogens with one attached hydrogen (secondary N) is 1. The van der Waals surface area contributed by atoms with E-state index >= 15 is 0 Å². The van der Waals surface area contributed by atoms with Gasteiger partial charge in [-0.2, -0.15) is 0 Å². The molecule has 0 aromatic rings. The van der Waals surface area contributed by atoms with E-state index in [4.69, 9.17) is 0 Å². The third-order valence-corrected chi connectivity index (χ3v) is 2.86. The van der Waals surface area contributed by atoms with Crippen LogP contribution in [0, 0.1) is 0 Å². The fourth-order valence-electron chi connectivity index (χ4n) is 1.85. The summed E-state index contributed by atoms with van der Waals surface area (Å²) in [5.74, 6) is 0. The van der Waals surface area contributed by atoms with Gasteiger partial charge in [0.15, 0.2) is 0 Å². The summed E-state index contributed by atoms with van der Waals surface area (Å²) in [4.78, 5) is 2.47. The smallest absolute Gasteiger partial charge is 0.0585 e. The Kier molecular flexibility index (Phi) is 9.99. The molecule has 3 heteroatoms. The molecule has 0 amide bonds. The molecular formula is C13H30N2O. The molecular weight excluding hydrogens is 200 g/mol. The van der Waals surface area contributed by atoms with Gasteiger partial charge in [0.2, 0.25) is 0 Å². The Morgan fingerprint density at radius 1 is 1.19 bits per heavy atom. The van der Waals surface area contributed by atoms with E-state index in [1.807, 2.05) is 0 Å². The van der Waals surface area contributed by atoms with E-state index in [0.717, 1.165) is 19.5 Å². The van der Waals surface area contributed by atoms with Gasteiger partial charge in [-0.3, -0.25) is 0 Å². The van der Waals surface area contributed by atoms with Gasteiger partial charge in [0.05, 0.1) is 6.61 Å². The van der Waals surface area contributed by atoms with Crippen LogP contribution < -0.4 is 5.32 Å². The number of unbranched alkanes of at least 4 members (excludes halogenated alkanes) is 1. The first kappa shape index (κ1) is 15.9. The molecule has 0 aromatic heterocycles. The van der Waals surface area contributed by atoms with E-state index in [1.165, 1.54) is 19.4 Å². The molecule has 98 valence electrons. The van der Waals surface area contributed by atoms with Gasteiger partial charge in [-0.1, -0.05) is 34.1 Å². The lowest BCUT2D eigenvalue weighted by Gasteiger charge is -2.24. The Bertz CT molecular complexity index is 151. The lowest BCUT2D eigenvalue weighted by Crippen LogP contribution is -2.40. The molecule has 16 heavy (non-hydrogen) atoms. The number of rotatable bonds is 10. The molecule has 0 saturated heterocycles. The zero-order valence-corrected chi connectivity index (χ0v) is 11.5. The van der Waals surface area contributed by atoms with Crippen LogP contribution in [0.25, 0.3) is 0 Å². The second-order valence-electron chi connectivity index (χ2n) is 4.78. The molecule has 0 aromatic carbocycles. The van der Waals surface area contributed by atoms with Crippen molar-refractivity contribution in [1.82, 2.24) is 10.2 Å². The third-order valence-electron chi connectivity index (χ3n) is 2.86. The maximum atomic E-state index is 9.26. The van der Waals surface area contributed by atoms with Gasteiger partial charge in [0, 0.05) is 12.1 Å². The first-order chi connectivity index (χ1) is 7.63. The van der Waals surface area contributed by atoms with Crippen molar-refractivity contribution in [3.63, 3.8) is 0 Å². The molecule has 1 unspecified atom stereocenters. The first-order valence-electron chi connectivity index (χ1n) is 6.73. The van der Waals surface area contributed by atoms with Crippen LogP contribution in [0.1, 0.15) is 47.0 Å². The van der Waals surface area contributed by atoms with Crippen LogP contribution in [0.5, 0.6) is 0 Å². The van der Waals surface area contributed by atoms with E-state index in [-0.39, 0.29) is 12.6 Å². The fraction of sp³-hybridized carbons (Fsp3) is 1.00. The second kappa shape index (κ2) is 10.1. The SMILES string of the molecule is CCCCN(CC)CCC(CO)NC(C)C. The Morgan fingerprint density at radius 2 is 1.88 bits per heavy atom. The van der Waals surface area contributed by atoms with Crippen LogP contribution in [0.4, 0.5) is 0 Å². The average Bonchev–Trinajstić information content (AvgIpc) is 2.27. The Morgan fingerprint density at radius 3 is 2.31 bits per heavy atom. The average molecular weight is 230 g/mol. The molecule has 0 bridgehead atoms. The highest BCUT2D eigenvalue weighted by molar-refractivity contribution is 4.70. The van der Waals surface area contributed by atoms with E-state index in [1.54, 1.807) is 0 Å². The highest BCUT2D eigenvalue weighted by atomic mass is 16.3. The van der Waals surface area contributed by atoms with Crippen molar-refractivity contribution >= 4 is 0 Å². The lowest BCUT2D eigenvalue weighted by molar-refractivity contribution is 0.202. The zero-order valence-electron chi connectivity index (χ0n) is 11.5. The molecule has 3 nitrogen and oxygen atoms in total. The number of hydrogen-bond acceptors (Lipinski definition) is 3. The van der Waals surface area contributed by atoms with Crippen molar-refractivity contribution in [2.45, 2.75) is 59.0 Å². The molecule has 0 radical (unpaired) electrons. The number of aliphatic hydroxyl groups excluding tert-OH is 1. The van der Waals surface area contributed by atoms with Gasteiger partial charge in [-0.05, 0) is 32.5 Å². The van der Waals surface area contributed by atoms with Crippen LogP contribution in [-0.4, -0.2) is 48.3 Å². The van der Waals surface area contributed by atoms with Crippen molar-refractivity contribution in [2.24, 2.45) is 0 Å². The normalized spacial score (nSPS) is 13.7. The minimum atomic E-state index is 0.240. The van der Waals surface area contributed by atoms with Crippen LogP contribution >= 0.6 is 0 Å². The van der Waals surface area contributed by atoms with Crippen molar-refractivity contribution in [3.8, 4) is 0 Å². The largest absolute Gasteiger partial charge is 0.395 e. The number of nitrogens with zero attached hydrogens (tertiary/aromatic N) is 1. The summed E-state index contributed by atoms with van der Waals surface area (Å²) in [5, 5.41) is 12.6. The van der Waals surface area contributed by atoms with Crippen molar-refractivity contribution in [2.75, 3.05) is 26.2 Å². The summed E-state index contributed by atoms with van der Waals surface area (Å²) >= 11 is 0. The van der Waals surface area contributed by atoms with E-state index in [0.29, 0.717) is 6.04 Å². The summed E-state index contributed by atoms with van der Waals surface area (Å²) in [7, 11) is 0. The van der Waals surface area contributed by atoms with Gasteiger partial charge >= 0.3 is 0 Å². The summed E-state index contributed by atoms with van der Waals surface area (Å²) in [5.41, 5.74) is 0. The third kappa shape index (κ3) is 8.08. The minimum Gasteiger partial charge on any atom is -0.395 e. The summed E-state index contributed by atoms with van der Waals surface area (Å²) in [6, 6.07) is 0.693. The zero-order chi connectivity index (χ0) is 12.4. The molecule has 0 heterocycles. The Labute approximate surface area is 101 Å². The fourth-order valence-corrected chi connectivity index (χ4v) is 1.85. The summed E-state index contributed by atoms with van der Waals surface area (Å²) in [6.07, 6.45) is 3.56. The second-order valence-corrected chi connectivity index (χ2v) is 4.78. The molecule has 2 N–H and O–H groups in total. The van der Waals surface area contributed by atoms with Crippen molar-refractivity contribution < 1.29 is 5.11 Å². The van der Waals surface area contributed by atoms with Crippen molar-refractivity contribution in [3.05, 3.63) is 0 Å². The predicted molar refractivity (Wildman–Crippen MR) is 70.8 cm³/mol. The minimum absolute atomic E-state index is 0.240. The monoisotopic (exact) mass is 230 g/mol. The van der Waals surface area contributed by atoms with Crippen molar-refractivity contribution in [1.29, 1.82) is 0 Å². The molecule has 0 aliphatic rings. The summed E-state index contributed by atoms with van der Waals surface area (Å²) < 4.78 is 0. The number of hydrogen-bond donors (Lipinski definition) is 2. The predicted octanol–water partition coefficient (Wildman–Crippen LogP) is 1.86. The van der Waals surface area contributed by atoms with Gasteiger partial charge in [0.1, 0.15) is 0 Å². The molecule has 0 saturated carbocycles. The molecule has 1 atom stereocenters. The lowest BCUT2D eigenvalue weighted by atomic mass is 10.2. The Hall–Kier alpha value is -0.120. The van der Waals surface area contributed by atoms with Crippen LogP contribution in [0.15, 0.2) is 0 Å². The van der Waals surface area contributed by atoms with Gasteiger partial charge in [0.25, 0.3) is 0 Å². The first-order valence-corrected chi connectivity index (χ1v) is 6.73. The molecule has 0 rings (SSSR count). The highest BCUT2D eigenvalue weighted by Crippen LogP contribution is 2.00. The maximum Gasteiger partial charge on any atom is 0.0585 e. The van der Waals surface area contributed by atoms with Gasteiger partial charge in [-0.25, -0.2) is 0 Å². The molecule has 0 fully saturated rings. The van der Waals surface area contributed by atoms with E-state index < -0.39 is 0 Å². The summed E-state index contributed by atoms with van der Waals surface area (Å²) in [6.45, 7) is 12.3. The van der Waals surface area contributed by atoms with E-state index in [2.05, 4.69) is 37.9 Å². The number of aliphatic hydroxyl groups is 1. The van der Waals surface area contributed by atoms with Gasteiger partial charge in [-0.15, -0.1) is 0 Å². The van der Waals surface area contributed by atoms with Gasteiger partial charge < -0.3 is 15.3 Å². The van der Waals surface area contributed by atoms with Crippen LogP contribution in [0.3, 0.4) is 0 Å². The molecule has 0 aliphatic carbocycles. The standard InChI is InChI=1S/C13H30N2O/c1-5-7-9-15(6-2)10-8-13(11-16)14-12(3)4/h12-14,16H,5-11H2,1-4H3. The van der Waals surface area contributed by atoms with E-state index in [9.17, 15) is 5.11 Å².